The topological polar surface area (TPSA) is 88.2 Å². The molecule has 172 valence electrons. The highest BCUT2D eigenvalue weighted by Gasteiger charge is 2.29. The summed E-state index contributed by atoms with van der Waals surface area (Å²) in [6.45, 7) is 2.69. The first-order valence-corrected chi connectivity index (χ1v) is 12.3. The lowest BCUT2D eigenvalue weighted by atomic mass is 9.97. The fourth-order valence-corrected chi connectivity index (χ4v) is 5.45. The molecule has 1 aliphatic heterocycles. The maximum Gasteiger partial charge on any atom is 0.243 e. The second-order valence-corrected chi connectivity index (χ2v) is 9.84. The minimum atomic E-state index is -3.63. The van der Waals surface area contributed by atoms with E-state index in [0.29, 0.717) is 50.8 Å². The Morgan fingerprint density at radius 1 is 1.06 bits per heavy atom. The van der Waals surface area contributed by atoms with Crippen molar-refractivity contribution in [2.45, 2.75) is 37.0 Å². The number of nitrogens with zero attached hydrogens (tertiary/aromatic N) is 2. The number of amides is 1. The predicted molar refractivity (Wildman–Crippen MR) is 119 cm³/mol. The number of hydrogen-bond donors (Lipinski definition) is 1. The minimum absolute atomic E-state index is 0.00685. The molecule has 0 saturated carbocycles. The summed E-state index contributed by atoms with van der Waals surface area (Å²) < 4.78 is 37.9. The van der Waals surface area contributed by atoms with Crippen molar-refractivity contribution in [3.63, 3.8) is 0 Å². The van der Waals surface area contributed by atoms with Crippen LogP contribution < -0.4 is 14.8 Å². The van der Waals surface area contributed by atoms with Crippen LogP contribution in [0.1, 0.15) is 32.1 Å². The molecular formula is C22H33N3O5S. The highest BCUT2D eigenvalue weighted by molar-refractivity contribution is 7.89. The van der Waals surface area contributed by atoms with E-state index in [4.69, 9.17) is 9.47 Å². The molecule has 9 heteroatoms. The summed E-state index contributed by atoms with van der Waals surface area (Å²) in [6.07, 6.45) is 8.03. The van der Waals surface area contributed by atoms with E-state index in [1.807, 2.05) is 4.90 Å². The number of ether oxygens (including phenoxy) is 2. The van der Waals surface area contributed by atoms with Gasteiger partial charge in [-0.1, -0.05) is 11.6 Å². The number of carbonyl (C=O) groups excluding carboxylic acids is 1. The van der Waals surface area contributed by atoms with Gasteiger partial charge in [-0.25, -0.2) is 8.42 Å². The van der Waals surface area contributed by atoms with Gasteiger partial charge < -0.3 is 14.8 Å². The number of allylic oxidation sites excluding steroid dienone is 1. The van der Waals surface area contributed by atoms with Crippen molar-refractivity contribution >= 4 is 15.9 Å². The van der Waals surface area contributed by atoms with Crippen molar-refractivity contribution < 1.29 is 22.7 Å². The Morgan fingerprint density at radius 3 is 2.45 bits per heavy atom. The normalized spacial score (nSPS) is 18.3. The minimum Gasteiger partial charge on any atom is -0.493 e. The van der Waals surface area contributed by atoms with Crippen LogP contribution in [0.15, 0.2) is 34.7 Å². The molecule has 1 heterocycles. The van der Waals surface area contributed by atoms with Crippen molar-refractivity contribution in [2.24, 2.45) is 0 Å². The molecule has 0 unspecified atom stereocenters. The lowest BCUT2D eigenvalue weighted by Gasteiger charge is -2.33. The maximum atomic E-state index is 13.0. The van der Waals surface area contributed by atoms with Crippen LogP contribution in [0.25, 0.3) is 0 Å². The summed E-state index contributed by atoms with van der Waals surface area (Å²) in [5.41, 5.74) is 1.44. The molecule has 3 rings (SSSR count). The van der Waals surface area contributed by atoms with Crippen LogP contribution in [-0.2, 0) is 14.8 Å². The molecule has 1 N–H and O–H groups in total. The van der Waals surface area contributed by atoms with E-state index in [2.05, 4.69) is 11.4 Å². The van der Waals surface area contributed by atoms with Gasteiger partial charge in [-0.3, -0.25) is 9.69 Å². The zero-order valence-corrected chi connectivity index (χ0v) is 19.2. The van der Waals surface area contributed by atoms with Gasteiger partial charge in [0, 0.05) is 38.8 Å². The van der Waals surface area contributed by atoms with Gasteiger partial charge in [-0.15, -0.1) is 0 Å². The number of methoxy groups -OCH3 is 2. The van der Waals surface area contributed by atoms with Crippen molar-refractivity contribution in [2.75, 3.05) is 53.5 Å². The third kappa shape index (κ3) is 6.21. The molecule has 2 aliphatic rings. The Labute approximate surface area is 185 Å². The fourth-order valence-electron chi connectivity index (χ4n) is 4.01. The van der Waals surface area contributed by atoms with Gasteiger partial charge in [-0.05, 0) is 44.2 Å². The van der Waals surface area contributed by atoms with E-state index in [-0.39, 0.29) is 10.8 Å². The van der Waals surface area contributed by atoms with E-state index < -0.39 is 10.0 Å². The van der Waals surface area contributed by atoms with Crippen LogP contribution in [0.4, 0.5) is 0 Å². The Balaban J connectivity index is 1.47. The van der Waals surface area contributed by atoms with Crippen molar-refractivity contribution in [3.05, 3.63) is 29.8 Å². The quantitative estimate of drug-likeness (QED) is 0.578. The van der Waals surface area contributed by atoms with Crippen LogP contribution in [0, 0.1) is 0 Å². The van der Waals surface area contributed by atoms with Gasteiger partial charge in [0.1, 0.15) is 0 Å². The van der Waals surface area contributed by atoms with Crippen molar-refractivity contribution in [1.82, 2.24) is 14.5 Å². The standard InChI is InChI=1S/C22H33N3O5S/c1-29-20-9-8-19(16-21(20)30-2)31(27,28)25-14-12-24(13-15-25)17-22(26)23-11-10-18-6-4-3-5-7-18/h6,8-9,16H,3-5,7,10-15,17H2,1-2H3,(H,23,26). The lowest BCUT2D eigenvalue weighted by molar-refractivity contribution is -0.122. The summed E-state index contributed by atoms with van der Waals surface area (Å²) in [5.74, 6) is 0.854. The second kappa shape index (κ2) is 11.0. The first kappa shape index (κ1) is 23.6. The van der Waals surface area contributed by atoms with Crippen LogP contribution in [-0.4, -0.2) is 77.0 Å². The molecule has 0 spiro atoms. The molecular weight excluding hydrogens is 418 g/mol. The smallest absolute Gasteiger partial charge is 0.243 e. The number of hydrogen-bond acceptors (Lipinski definition) is 6. The summed E-state index contributed by atoms with van der Waals surface area (Å²) in [6, 6.07) is 4.60. The van der Waals surface area contributed by atoms with Gasteiger partial charge in [-0.2, -0.15) is 4.31 Å². The Bertz CT molecular complexity index is 892. The molecule has 1 aromatic rings. The van der Waals surface area contributed by atoms with Crippen LogP contribution in [0.5, 0.6) is 11.5 Å². The van der Waals surface area contributed by atoms with E-state index in [9.17, 15) is 13.2 Å². The zero-order chi connectivity index (χ0) is 22.3. The third-order valence-electron chi connectivity index (χ3n) is 5.84. The number of nitrogens with one attached hydrogen (secondary N) is 1. The predicted octanol–water partition coefficient (Wildman–Crippen LogP) is 2.02. The molecule has 1 saturated heterocycles. The Hall–Kier alpha value is -2.10. The average molecular weight is 452 g/mol. The van der Waals surface area contributed by atoms with Gasteiger partial charge in [0.15, 0.2) is 11.5 Å². The van der Waals surface area contributed by atoms with E-state index in [1.165, 1.54) is 49.1 Å². The number of sulfonamides is 1. The van der Waals surface area contributed by atoms with Crippen molar-refractivity contribution in [1.29, 1.82) is 0 Å². The van der Waals surface area contributed by atoms with Gasteiger partial charge >= 0.3 is 0 Å². The van der Waals surface area contributed by atoms with Crippen LogP contribution in [0.2, 0.25) is 0 Å². The SMILES string of the molecule is COc1ccc(S(=O)(=O)N2CCN(CC(=O)NCCC3=CCCCC3)CC2)cc1OC. The second-order valence-electron chi connectivity index (χ2n) is 7.91. The molecule has 1 aromatic carbocycles. The molecule has 1 amide bonds. The zero-order valence-electron chi connectivity index (χ0n) is 18.4. The largest absolute Gasteiger partial charge is 0.493 e. The summed E-state index contributed by atoms with van der Waals surface area (Å²) in [7, 11) is -0.649. The molecule has 0 radical (unpaired) electrons. The van der Waals surface area contributed by atoms with E-state index >= 15 is 0 Å². The average Bonchev–Trinajstić information content (AvgIpc) is 2.79. The van der Waals surface area contributed by atoms with Gasteiger partial charge in [0.05, 0.1) is 25.7 Å². The molecule has 0 bridgehead atoms. The van der Waals surface area contributed by atoms with Crippen molar-refractivity contribution in [3.8, 4) is 11.5 Å². The highest BCUT2D eigenvalue weighted by Crippen LogP contribution is 2.30. The highest BCUT2D eigenvalue weighted by atomic mass is 32.2. The number of rotatable bonds is 9. The summed E-state index contributed by atoms with van der Waals surface area (Å²) in [5, 5.41) is 2.99. The Morgan fingerprint density at radius 2 is 1.81 bits per heavy atom. The third-order valence-corrected chi connectivity index (χ3v) is 7.74. The van der Waals surface area contributed by atoms with Gasteiger partial charge in [0.25, 0.3) is 0 Å². The Kier molecular flexibility index (Phi) is 8.34. The number of piperazine rings is 1. The van der Waals surface area contributed by atoms with E-state index in [0.717, 1.165) is 19.3 Å². The summed E-state index contributed by atoms with van der Waals surface area (Å²) >= 11 is 0. The molecule has 1 aliphatic carbocycles. The van der Waals surface area contributed by atoms with Crippen LogP contribution >= 0.6 is 0 Å². The summed E-state index contributed by atoms with van der Waals surface area (Å²) in [4.78, 5) is 14.4. The molecule has 0 atom stereocenters. The van der Waals surface area contributed by atoms with E-state index in [1.54, 1.807) is 6.07 Å². The molecule has 1 fully saturated rings. The molecule has 31 heavy (non-hydrogen) atoms. The fraction of sp³-hybridized carbons (Fsp3) is 0.591. The monoisotopic (exact) mass is 451 g/mol. The molecule has 8 nitrogen and oxygen atoms in total. The number of benzene rings is 1. The number of carbonyl (C=O) groups is 1. The van der Waals surface area contributed by atoms with Crippen LogP contribution in [0.3, 0.4) is 0 Å². The first-order valence-electron chi connectivity index (χ1n) is 10.8. The molecule has 0 aromatic heterocycles. The van der Waals surface area contributed by atoms with Gasteiger partial charge in [0.2, 0.25) is 15.9 Å². The maximum absolute atomic E-state index is 13.0. The first-order chi connectivity index (χ1) is 14.9. The lowest BCUT2D eigenvalue weighted by Crippen LogP contribution is -2.51.